The molecule has 1 aliphatic rings. The Morgan fingerprint density at radius 2 is 1.36 bits per heavy atom. The average molecular weight is 332 g/mol. The van der Waals surface area contributed by atoms with Crippen LogP contribution in [-0.4, -0.2) is 11.5 Å². The molecule has 0 spiro atoms. The van der Waals surface area contributed by atoms with E-state index in [0.29, 0.717) is 0 Å². The monoisotopic (exact) mass is 330 g/mol. The molecule has 1 aromatic rings. The minimum absolute atomic E-state index is 1.24. The molecule has 0 N–H and O–H groups in total. The van der Waals surface area contributed by atoms with Crippen molar-refractivity contribution < 1.29 is 0 Å². The minimum Gasteiger partial charge on any atom is -0.122 e. The lowest BCUT2D eigenvalue weighted by molar-refractivity contribution is 1.26. The normalized spacial score (nSPS) is 16.5. The molecule has 11 heavy (non-hydrogen) atoms. The molecule has 1 aliphatic heterocycles. The van der Waals surface area contributed by atoms with E-state index in [0.717, 1.165) is 0 Å². The molecule has 60 valence electrons. The number of halogens is 2. The molecule has 0 saturated carbocycles. The van der Waals surface area contributed by atoms with Crippen LogP contribution in [-0.2, 0) is 0 Å². The highest BCUT2D eigenvalue weighted by molar-refractivity contribution is 9.12. The van der Waals surface area contributed by atoms with Crippen LogP contribution < -0.4 is 0 Å². The standard InChI is InChI=1S/C6H4Br2S3/c7-5-3-4(6(8)11-5)10-2-1-9-3/h1-2H2. The van der Waals surface area contributed by atoms with Gasteiger partial charge in [0.05, 0.1) is 7.57 Å². The second kappa shape index (κ2) is 3.62. The van der Waals surface area contributed by atoms with E-state index < -0.39 is 0 Å². The van der Waals surface area contributed by atoms with Gasteiger partial charge in [-0.25, -0.2) is 0 Å². The Hall–Kier alpha value is 1.36. The molecule has 0 radical (unpaired) electrons. The van der Waals surface area contributed by atoms with Crippen molar-refractivity contribution in [2.45, 2.75) is 9.79 Å². The van der Waals surface area contributed by atoms with Crippen molar-refractivity contribution in [2.24, 2.45) is 0 Å². The van der Waals surface area contributed by atoms with Crippen molar-refractivity contribution >= 4 is 66.7 Å². The largest absolute Gasteiger partial charge is 0.122 e. The molecule has 0 saturated heterocycles. The Morgan fingerprint density at radius 1 is 0.909 bits per heavy atom. The second-order valence-electron chi connectivity index (χ2n) is 2.00. The van der Waals surface area contributed by atoms with E-state index in [-0.39, 0.29) is 0 Å². The highest BCUT2D eigenvalue weighted by Gasteiger charge is 2.19. The summed E-state index contributed by atoms with van der Waals surface area (Å²) in [6.45, 7) is 0. The summed E-state index contributed by atoms with van der Waals surface area (Å²) in [7, 11) is 0. The lowest BCUT2D eigenvalue weighted by Gasteiger charge is -2.10. The van der Waals surface area contributed by atoms with Gasteiger partial charge < -0.3 is 0 Å². The SMILES string of the molecule is Brc1sc(Br)c2c1SCCS2. The minimum atomic E-state index is 1.24. The van der Waals surface area contributed by atoms with Crippen LogP contribution in [0.25, 0.3) is 0 Å². The quantitative estimate of drug-likeness (QED) is 0.687. The Morgan fingerprint density at radius 3 is 1.82 bits per heavy atom. The zero-order valence-electron chi connectivity index (χ0n) is 5.39. The number of hydrogen-bond acceptors (Lipinski definition) is 3. The van der Waals surface area contributed by atoms with Crippen molar-refractivity contribution in [3.05, 3.63) is 7.57 Å². The van der Waals surface area contributed by atoms with Crippen molar-refractivity contribution in [3.63, 3.8) is 0 Å². The molecule has 0 bridgehead atoms. The first-order chi connectivity index (χ1) is 5.29. The third-order valence-corrected chi connectivity index (χ3v) is 7.23. The summed E-state index contributed by atoms with van der Waals surface area (Å²) >= 11 is 12.8. The summed E-state index contributed by atoms with van der Waals surface area (Å²) in [5, 5.41) is 0. The number of fused-ring (bicyclic) bond motifs is 1. The highest BCUT2D eigenvalue weighted by atomic mass is 79.9. The molecule has 0 aromatic carbocycles. The Kier molecular flexibility index (Phi) is 2.94. The van der Waals surface area contributed by atoms with Crippen LogP contribution in [0.5, 0.6) is 0 Å². The predicted molar refractivity (Wildman–Crippen MR) is 61.2 cm³/mol. The van der Waals surface area contributed by atoms with Crippen LogP contribution in [0.2, 0.25) is 0 Å². The van der Waals surface area contributed by atoms with E-state index in [1.165, 1.54) is 28.9 Å². The maximum absolute atomic E-state index is 3.56. The molecule has 5 heteroatoms. The van der Waals surface area contributed by atoms with Gasteiger partial charge in [-0.2, -0.15) is 0 Å². The first kappa shape index (κ1) is 8.94. The van der Waals surface area contributed by atoms with Crippen LogP contribution in [0, 0.1) is 0 Å². The summed E-state index contributed by atoms with van der Waals surface area (Å²) in [6, 6.07) is 0. The van der Waals surface area contributed by atoms with Gasteiger partial charge in [0.15, 0.2) is 0 Å². The van der Waals surface area contributed by atoms with Gasteiger partial charge in [-0.1, -0.05) is 0 Å². The van der Waals surface area contributed by atoms with Gasteiger partial charge in [0.25, 0.3) is 0 Å². The molecule has 1 aromatic heterocycles. The van der Waals surface area contributed by atoms with Crippen LogP contribution in [0.15, 0.2) is 17.4 Å². The summed E-state index contributed by atoms with van der Waals surface area (Å²) in [5.41, 5.74) is 0. The topological polar surface area (TPSA) is 0 Å². The molecule has 0 unspecified atom stereocenters. The zero-order chi connectivity index (χ0) is 7.84. The van der Waals surface area contributed by atoms with Gasteiger partial charge >= 0.3 is 0 Å². The van der Waals surface area contributed by atoms with Crippen molar-refractivity contribution in [3.8, 4) is 0 Å². The zero-order valence-corrected chi connectivity index (χ0v) is 11.0. The number of thioether (sulfide) groups is 2. The van der Waals surface area contributed by atoms with Crippen LogP contribution in [0.4, 0.5) is 0 Å². The Bertz CT molecular complexity index is 255. The highest BCUT2D eigenvalue weighted by Crippen LogP contribution is 2.50. The van der Waals surface area contributed by atoms with E-state index in [1.54, 1.807) is 11.3 Å². The first-order valence-electron chi connectivity index (χ1n) is 3.02. The first-order valence-corrected chi connectivity index (χ1v) is 7.40. The van der Waals surface area contributed by atoms with E-state index in [1.807, 2.05) is 23.5 Å². The maximum atomic E-state index is 3.56. The smallest absolute Gasteiger partial charge is 0.0857 e. The predicted octanol–water partition coefficient (Wildman–Crippen LogP) is 4.47. The number of rotatable bonds is 0. The molecule has 0 aliphatic carbocycles. The van der Waals surface area contributed by atoms with Gasteiger partial charge in [0, 0.05) is 21.3 Å². The summed E-state index contributed by atoms with van der Waals surface area (Å²) in [5.74, 6) is 2.47. The summed E-state index contributed by atoms with van der Waals surface area (Å²) in [4.78, 5) is 2.86. The van der Waals surface area contributed by atoms with Gasteiger partial charge in [-0.05, 0) is 31.9 Å². The lowest BCUT2D eigenvalue weighted by atomic mass is 10.6. The van der Waals surface area contributed by atoms with E-state index in [4.69, 9.17) is 0 Å². The third kappa shape index (κ3) is 1.68. The van der Waals surface area contributed by atoms with Crippen molar-refractivity contribution in [1.29, 1.82) is 0 Å². The maximum Gasteiger partial charge on any atom is 0.0857 e. The molecule has 2 heterocycles. The van der Waals surface area contributed by atoms with Gasteiger partial charge in [0.1, 0.15) is 0 Å². The van der Waals surface area contributed by atoms with Crippen LogP contribution in [0.1, 0.15) is 0 Å². The average Bonchev–Trinajstić information content (AvgIpc) is 2.30. The second-order valence-corrected chi connectivity index (χ2v) is 7.87. The molecular weight excluding hydrogens is 328 g/mol. The molecule has 0 fully saturated rings. The van der Waals surface area contributed by atoms with E-state index >= 15 is 0 Å². The Labute approximate surface area is 94.8 Å². The van der Waals surface area contributed by atoms with E-state index in [9.17, 15) is 0 Å². The van der Waals surface area contributed by atoms with Crippen molar-refractivity contribution in [1.82, 2.24) is 0 Å². The fourth-order valence-electron chi connectivity index (χ4n) is 0.882. The lowest BCUT2D eigenvalue weighted by Crippen LogP contribution is -1.90. The molecule has 2 rings (SSSR count). The third-order valence-electron chi connectivity index (χ3n) is 1.32. The summed E-state index contributed by atoms with van der Waals surface area (Å²) < 4.78 is 2.55. The van der Waals surface area contributed by atoms with Gasteiger partial charge in [-0.15, -0.1) is 34.9 Å². The molecule has 0 amide bonds. The summed E-state index contributed by atoms with van der Waals surface area (Å²) in [6.07, 6.45) is 0. The van der Waals surface area contributed by atoms with Gasteiger partial charge in [-0.3, -0.25) is 0 Å². The van der Waals surface area contributed by atoms with Crippen molar-refractivity contribution in [2.75, 3.05) is 11.5 Å². The Balaban J connectivity index is 2.52. The molecule has 0 atom stereocenters. The molecule has 0 nitrogen and oxygen atoms in total. The van der Waals surface area contributed by atoms with Crippen LogP contribution in [0.3, 0.4) is 0 Å². The van der Waals surface area contributed by atoms with E-state index in [2.05, 4.69) is 31.9 Å². The fraction of sp³-hybridized carbons (Fsp3) is 0.333. The molecular formula is C6H4Br2S3. The number of thiophene rings is 1. The fourth-order valence-corrected chi connectivity index (χ4v) is 7.25. The van der Waals surface area contributed by atoms with Gasteiger partial charge in [0.2, 0.25) is 0 Å². The number of hydrogen-bond donors (Lipinski definition) is 0. The van der Waals surface area contributed by atoms with Crippen LogP contribution >= 0.6 is 66.7 Å².